The third-order valence-electron chi connectivity index (χ3n) is 3.65. The van der Waals surface area contributed by atoms with Crippen molar-refractivity contribution in [1.29, 1.82) is 0 Å². The Morgan fingerprint density at radius 2 is 1.88 bits per heavy atom. The summed E-state index contributed by atoms with van der Waals surface area (Å²) in [6.07, 6.45) is 2.26. The molecule has 1 aliphatic carbocycles. The van der Waals surface area contributed by atoms with E-state index in [1.165, 1.54) is 11.1 Å². The second-order valence-corrected chi connectivity index (χ2v) is 5.33. The van der Waals surface area contributed by atoms with Gasteiger partial charge in [0.05, 0.1) is 12.8 Å². The van der Waals surface area contributed by atoms with E-state index in [0.29, 0.717) is 0 Å². The van der Waals surface area contributed by atoms with Gasteiger partial charge in [-0.3, -0.25) is 0 Å². The number of nitrogens with zero attached hydrogens (tertiary/aromatic N) is 1. The highest BCUT2D eigenvalue weighted by molar-refractivity contribution is 5.61. The highest BCUT2D eigenvalue weighted by atomic mass is 16.5. The Bertz CT molecular complexity index is 424. The lowest BCUT2D eigenvalue weighted by molar-refractivity contribution is 0.414. The van der Waals surface area contributed by atoms with Crippen LogP contribution in [-0.4, -0.2) is 26.2 Å². The summed E-state index contributed by atoms with van der Waals surface area (Å²) in [6.45, 7) is 5.13. The zero-order valence-electron chi connectivity index (χ0n) is 11.2. The average Bonchev–Trinajstić information content (AvgIpc) is 2.99. The Morgan fingerprint density at radius 3 is 2.41 bits per heavy atom. The molecule has 3 heteroatoms. The van der Waals surface area contributed by atoms with Gasteiger partial charge in [-0.05, 0) is 49.9 Å². The smallest absolute Gasteiger partial charge is 0.142 e. The van der Waals surface area contributed by atoms with Crippen LogP contribution in [0.2, 0.25) is 0 Å². The van der Waals surface area contributed by atoms with E-state index in [1.807, 2.05) is 0 Å². The Balaban J connectivity index is 2.26. The maximum absolute atomic E-state index is 6.16. The van der Waals surface area contributed by atoms with E-state index in [2.05, 4.69) is 37.9 Å². The molecule has 0 amide bonds. The first kappa shape index (κ1) is 12.2. The second kappa shape index (κ2) is 4.22. The molecule has 1 saturated carbocycles. The minimum Gasteiger partial charge on any atom is -0.495 e. The van der Waals surface area contributed by atoms with Crippen molar-refractivity contribution in [2.24, 2.45) is 5.73 Å². The number of hydrogen-bond donors (Lipinski definition) is 1. The van der Waals surface area contributed by atoms with Crippen molar-refractivity contribution in [3.63, 3.8) is 0 Å². The number of anilines is 1. The molecule has 0 aliphatic heterocycles. The fourth-order valence-electron chi connectivity index (χ4n) is 2.11. The lowest BCUT2D eigenvalue weighted by Gasteiger charge is -2.25. The average molecular weight is 234 g/mol. The van der Waals surface area contributed by atoms with Crippen molar-refractivity contribution >= 4 is 5.69 Å². The number of hydrogen-bond acceptors (Lipinski definition) is 3. The zero-order valence-corrected chi connectivity index (χ0v) is 11.2. The maximum Gasteiger partial charge on any atom is 0.142 e. The van der Waals surface area contributed by atoms with Gasteiger partial charge in [0.2, 0.25) is 0 Å². The van der Waals surface area contributed by atoms with Crippen LogP contribution in [-0.2, 0) is 0 Å². The first-order valence-electron chi connectivity index (χ1n) is 6.10. The van der Waals surface area contributed by atoms with E-state index in [-0.39, 0.29) is 5.54 Å². The van der Waals surface area contributed by atoms with Crippen molar-refractivity contribution in [1.82, 2.24) is 0 Å². The summed E-state index contributed by atoms with van der Waals surface area (Å²) in [5, 5.41) is 0. The molecule has 0 radical (unpaired) electrons. The predicted octanol–water partition coefficient (Wildman–Crippen LogP) is 2.24. The fraction of sp³-hybridized carbons (Fsp3) is 0.571. The Labute approximate surface area is 104 Å². The minimum atomic E-state index is 0.0263. The molecule has 0 heterocycles. The molecule has 2 rings (SSSR count). The summed E-state index contributed by atoms with van der Waals surface area (Å²) in [5.41, 5.74) is 9.86. The molecule has 1 aromatic rings. The molecule has 0 spiro atoms. The van der Waals surface area contributed by atoms with Gasteiger partial charge in [0, 0.05) is 19.1 Å². The molecule has 94 valence electrons. The van der Waals surface area contributed by atoms with Gasteiger partial charge in [0.15, 0.2) is 0 Å². The number of methoxy groups -OCH3 is 1. The lowest BCUT2D eigenvalue weighted by atomic mass is 10.1. The van der Waals surface area contributed by atoms with Gasteiger partial charge in [-0.25, -0.2) is 0 Å². The lowest BCUT2D eigenvalue weighted by Crippen LogP contribution is -2.37. The SMILES string of the molecule is COc1cc(C)c(C)cc1N(C)CC1(N)CC1. The van der Waals surface area contributed by atoms with Crippen molar-refractivity contribution in [2.75, 3.05) is 25.6 Å². The molecule has 1 aromatic carbocycles. The predicted molar refractivity (Wildman–Crippen MR) is 71.9 cm³/mol. The van der Waals surface area contributed by atoms with Crippen LogP contribution in [0.25, 0.3) is 0 Å². The van der Waals surface area contributed by atoms with Crippen LogP contribution in [0.5, 0.6) is 5.75 Å². The summed E-state index contributed by atoms with van der Waals surface area (Å²) < 4.78 is 5.45. The van der Waals surface area contributed by atoms with Gasteiger partial charge in [0.25, 0.3) is 0 Å². The quantitative estimate of drug-likeness (QED) is 0.868. The maximum atomic E-state index is 6.16. The van der Waals surface area contributed by atoms with Crippen molar-refractivity contribution in [2.45, 2.75) is 32.2 Å². The normalized spacial score (nSPS) is 16.8. The minimum absolute atomic E-state index is 0.0263. The van der Waals surface area contributed by atoms with Crippen LogP contribution < -0.4 is 15.4 Å². The largest absolute Gasteiger partial charge is 0.495 e. The topological polar surface area (TPSA) is 38.5 Å². The molecule has 0 unspecified atom stereocenters. The van der Waals surface area contributed by atoms with Gasteiger partial charge in [-0.2, -0.15) is 0 Å². The number of aryl methyl sites for hydroxylation is 2. The first-order valence-corrected chi connectivity index (χ1v) is 6.10. The number of nitrogens with two attached hydrogens (primary N) is 1. The Morgan fingerprint density at radius 1 is 1.29 bits per heavy atom. The summed E-state index contributed by atoms with van der Waals surface area (Å²) in [4.78, 5) is 2.21. The van der Waals surface area contributed by atoms with Crippen LogP contribution in [0.1, 0.15) is 24.0 Å². The molecule has 17 heavy (non-hydrogen) atoms. The molecule has 2 N–H and O–H groups in total. The van der Waals surface area contributed by atoms with Crippen LogP contribution in [0.3, 0.4) is 0 Å². The number of benzene rings is 1. The highest BCUT2D eigenvalue weighted by Crippen LogP contribution is 2.37. The number of ether oxygens (including phenoxy) is 1. The van der Waals surface area contributed by atoms with Crippen molar-refractivity contribution < 1.29 is 4.74 Å². The summed E-state index contributed by atoms with van der Waals surface area (Å²) in [5.74, 6) is 0.930. The standard InChI is InChI=1S/C14H22N2O/c1-10-7-12(13(17-4)8-11(10)2)16(3)9-14(15)5-6-14/h7-8H,5-6,9,15H2,1-4H3. The Kier molecular flexibility index (Phi) is 3.04. The Hall–Kier alpha value is -1.22. The molecule has 0 saturated heterocycles. The van der Waals surface area contributed by atoms with Gasteiger partial charge in [-0.1, -0.05) is 0 Å². The monoisotopic (exact) mass is 234 g/mol. The van der Waals surface area contributed by atoms with Gasteiger partial charge >= 0.3 is 0 Å². The summed E-state index contributed by atoms with van der Waals surface area (Å²) in [7, 11) is 3.80. The van der Waals surface area contributed by atoms with Gasteiger partial charge in [0.1, 0.15) is 5.75 Å². The molecular formula is C14H22N2O. The van der Waals surface area contributed by atoms with E-state index >= 15 is 0 Å². The van der Waals surface area contributed by atoms with Crippen LogP contribution in [0.15, 0.2) is 12.1 Å². The van der Waals surface area contributed by atoms with Crippen molar-refractivity contribution in [3.05, 3.63) is 23.3 Å². The molecule has 0 aromatic heterocycles. The molecule has 1 aliphatic rings. The number of likely N-dealkylation sites (N-methyl/N-ethyl adjacent to an activating group) is 1. The zero-order chi connectivity index (χ0) is 12.6. The van der Waals surface area contributed by atoms with Gasteiger partial charge in [-0.15, -0.1) is 0 Å². The first-order chi connectivity index (χ1) is 7.95. The third-order valence-corrected chi connectivity index (χ3v) is 3.65. The van der Waals surface area contributed by atoms with E-state index < -0.39 is 0 Å². The number of rotatable bonds is 4. The van der Waals surface area contributed by atoms with Gasteiger partial charge < -0.3 is 15.4 Å². The molecule has 0 bridgehead atoms. The van der Waals surface area contributed by atoms with E-state index in [9.17, 15) is 0 Å². The summed E-state index contributed by atoms with van der Waals surface area (Å²) in [6, 6.07) is 4.27. The van der Waals surface area contributed by atoms with Crippen LogP contribution >= 0.6 is 0 Å². The molecule has 1 fully saturated rings. The van der Waals surface area contributed by atoms with E-state index in [0.717, 1.165) is 30.8 Å². The van der Waals surface area contributed by atoms with Crippen molar-refractivity contribution in [3.8, 4) is 5.75 Å². The molecular weight excluding hydrogens is 212 g/mol. The second-order valence-electron chi connectivity index (χ2n) is 5.33. The molecule has 0 atom stereocenters. The third kappa shape index (κ3) is 2.55. The highest BCUT2D eigenvalue weighted by Gasteiger charge is 2.39. The fourth-order valence-corrected chi connectivity index (χ4v) is 2.11. The van der Waals surface area contributed by atoms with Crippen LogP contribution in [0.4, 0.5) is 5.69 Å². The summed E-state index contributed by atoms with van der Waals surface area (Å²) >= 11 is 0. The van der Waals surface area contributed by atoms with Crippen LogP contribution in [0, 0.1) is 13.8 Å². The van der Waals surface area contributed by atoms with E-state index in [1.54, 1.807) is 7.11 Å². The molecule has 3 nitrogen and oxygen atoms in total. The van der Waals surface area contributed by atoms with E-state index in [4.69, 9.17) is 10.5 Å².